The zero-order valence-corrected chi connectivity index (χ0v) is 12.4. The maximum absolute atomic E-state index is 12.3. The van der Waals surface area contributed by atoms with Gasteiger partial charge in [0.1, 0.15) is 10.7 Å². The summed E-state index contributed by atoms with van der Waals surface area (Å²) in [5, 5.41) is 19.7. The molecule has 1 amide bonds. The number of carbonyl (C=O) groups excluding carboxylic acids is 1. The minimum Gasteiger partial charge on any atom is -0.388 e. The Morgan fingerprint density at radius 2 is 1.95 bits per heavy atom. The Bertz CT molecular complexity index is 479. The fourth-order valence-corrected chi connectivity index (χ4v) is 3.26. The van der Waals surface area contributed by atoms with Gasteiger partial charge in [-0.15, -0.1) is 0 Å². The molecule has 4 N–H and O–H groups in total. The molecule has 0 radical (unpaired) electrons. The summed E-state index contributed by atoms with van der Waals surface area (Å²) in [5.74, 6) is -0.0771. The van der Waals surface area contributed by atoms with Crippen LogP contribution in [0.1, 0.15) is 23.5 Å². The molecule has 112 valence electrons. The van der Waals surface area contributed by atoms with Crippen molar-refractivity contribution in [3.8, 4) is 0 Å². The van der Waals surface area contributed by atoms with Gasteiger partial charge in [-0.05, 0) is 13.8 Å². The summed E-state index contributed by atoms with van der Waals surface area (Å²) in [6.07, 6.45) is -1.79. The molecule has 1 saturated heterocycles. The number of thiazole rings is 1. The maximum atomic E-state index is 12.3. The van der Waals surface area contributed by atoms with Gasteiger partial charge in [0.2, 0.25) is 0 Å². The number of nitrogens with two attached hydrogens (primary N) is 1. The van der Waals surface area contributed by atoms with Gasteiger partial charge in [-0.1, -0.05) is 11.3 Å². The average Bonchev–Trinajstić information content (AvgIpc) is 2.95. The van der Waals surface area contributed by atoms with Crippen molar-refractivity contribution in [2.75, 3.05) is 36.8 Å². The van der Waals surface area contributed by atoms with Gasteiger partial charge < -0.3 is 25.7 Å². The molecule has 1 fully saturated rings. The number of aliphatic hydroxyl groups is 2. The molecule has 0 aromatic carbocycles. The van der Waals surface area contributed by atoms with E-state index in [1.54, 1.807) is 0 Å². The van der Waals surface area contributed by atoms with Crippen molar-refractivity contribution in [3.05, 3.63) is 4.88 Å². The van der Waals surface area contributed by atoms with Crippen molar-refractivity contribution in [1.82, 2.24) is 9.88 Å². The highest BCUT2D eigenvalue weighted by molar-refractivity contribution is 7.18. The Morgan fingerprint density at radius 3 is 2.45 bits per heavy atom. The average molecular weight is 300 g/mol. The van der Waals surface area contributed by atoms with Crippen LogP contribution >= 0.6 is 11.3 Å². The van der Waals surface area contributed by atoms with Crippen molar-refractivity contribution >= 4 is 28.2 Å². The minimum atomic E-state index is -0.893. The van der Waals surface area contributed by atoms with Crippen LogP contribution in [0.3, 0.4) is 0 Å². The molecular weight excluding hydrogens is 280 g/mol. The fourth-order valence-electron chi connectivity index (χ4n) is 2.18. The standard InChI is InChI=1S/C12H20N4O3S/c1-3-15(4-2)12-14-10(13)9(20-12)11(19)16-5-7(17)8(18)6-16/h7-8,17-18H,3-6,13H2,1-2H3. The van der Waals surface area contributed by atoms with E-state index in [1.807, 2.05) is 18.7 Å². The molecular formula is C12H20N4O3S. The minimum absolute atomic E-state index is 0.123. The topological polar surface area (TPSA) is 103 Å². The van der Waals surface area contributed by atoms with Gasteiger partial charge in [0.25, 0.3) is 5.91 Å². The number of nitrogen functional groups attached to an aromatic ring is 1. The van der Waals surface area contributed by atoms with Crippen molar-refractivity contribution in [1.29, 1.82) is 0 Å². The van der Waals surface area contributed by atoms with Gasteiger partial charge in [0, 0.05) is 26.2 Å². The molecule has 0 spiro atoms. The van der Waals surface area contributed by atoms with Gasteiger partial charge >= 0.3 is 0 Å². The van der Waals surface area contributed by atoms with Gasteiger partial charge in [0.05, 0.1) is 12.2 Å². The Kier molecular flexibility index (Phi) is 4.46. The molecule has 2 atom stereocenters. The Morgan fingerprint density at radius 1 is 1.40 bits per heavy atom. The van der Waals surface area contributed by atoms with E-state index >= 15 is 0 Å². The van der Waals surface area contributed by atoms with Crippen LogP contribution in [-0.2, 0) is 0 Å². The van der Waals surface area contributed by atoms with Gasteiger partial charge in [0.15, 0.2) is 5.13 Å². The third-order valence-corrected chi connectivity index (χ3v) is 4.54. The van der Waals surface area contributed by atoms with Crippen molar-refractivity contribution in [2.45, 2.75) is 26.1 Å². The van der Waals surface area contributed by atoms with Crippen LogP contribution in [0.5, 0.6) is 0 Å². The van der Waals surface area contributed by atoms with Crippen molar-refractivity contribution in [2.24, 2.45) is 0 Å². The Balaban J connectivity index is 2.19. The highest BCUT2D eigenvalue weighted by Gasteiger charge is 2.34. The van der Waals surface area contributed by atoms with Gasteiger partial charge in [-0.2, -0.15) is 0 Å². The predicted molar refractivity (Wildman–Crippen MR) is 78.0 cm³/mol. The second-order valence-corrected chi connectivity index (χ2v) is 5.71. The summed E-state index contributed by atoms with van der Waals surface area (Å²) in [6.45, 7) is 5.85. The Labute approximate surface area is 121 Å². The molecule has 2 unspecified atom stereocenters. The van der Waals surface area contributed by atoms with Gasteiger partial charge in [-0.3, -0.25) is 4.79 Å². The van der Waals surface area contributed by atoms with Crippen LogP contribution in [-0.4, -0.2) is 64.4 Å². The molecule has 1 aromatic heterocycles. The second-order valence-electron chi connectivity index (χ2n) is 4.73. The highest BCUT2D eigenvalue weighted by Crippen LogP contribution is 2.30. The molecule has 0 saturated carbocycles. The second kappa shape index (κ2) is 5.94. The molecule has 1 aliphatic rings. The lowest BCUT2D eigenvalue weighted by Gasteiger charge is -2.16. The normalized spacial score (nSPS) is 22.3. The molecule has 0 bridgehead atoms. The molecule has 2 rings (SSSR count). The zero-order chi connectivity index (χ0) is 14.9. The van der Waals surface area contributed by atoms with Crippen LogP contribution in [0, 0.1) is 0 Å². The lowest BCUT2D eigenvalue weighted by atomic mass is 10.3. The summed E-state index contributed by atoms with van der Waals surface area (Å²) in [5.41, 5.74) is 5.83. The lowest BCUT2D eigenvalue weighted by molar-refractivity contribution is 0.0572. The van der Waals surface area contributed by atoms with Crippen LogP contribution in [0.4, 0.5) is 10.9 Å². The SMILES string of the molecule is CCN(CC)c1nc(N)c(C(=O)N2CC(O)C(O)C2)s1. The number of aromatic nitrogens is 1. The summed E-state index contributed by atoms with van der Waals surface area (Å²) in [7, 11) is 0. The Hall–Kier alpha value is -1.38. The number of carbonyl (C=O) groups is 1. The van der Waals surface area contributed by atoms with E-state index in [4.69, 9.17) is 5.73 Å². The lowest BCUT2D eigenvalue weighted by Crippen LogP contribution is -2.29. The number of hydrogen-bond acceptors (Lipinski definition) is 7. The summed E-state index contributed by atoms with van der Waals surface area (Å²) in [6, 6.07) is 0. The zero-order valence-electron chi connectivity index (χ0n) is 11.6. The molecule has 8 heteroatoms. The van der Waals surface area contributed by atoms with Crippen molar-refractivity contribution < 1.29 is 15.0 Å². The quantitative estimate of drug-likeness (QED) is 0.708. The van der Waals surface area contributed by atoms with E-state index in [9.17, 15) is 15.0 Å². The fraction of sp³-hybridized carbons (Fsp3) is 0.667. The van der Waals surface area contributed by atoms with Crippen LogP contribution in [0.15, 0.2) is 0 Å². The summed E-state index contributed by atoms with van der Waals surface area (Å²) in [4.78, 5) is 20.4. The molecule has 7 nitrogen and oxygen atoms in total. The third kappa shape index (κ3) is 2.72. The van der Waals surface area contributed by atoms with E-state index in [2.05, 4.69) is 4.98 Å². The summed E-state index contributed by atoms with van der Waals surface area (Å²) >= 11 is 1.25. The number of hydrogen-bond donors (Lipinski definition) is 3. The first-order valence-corrected chi connectivity index (χ1v) is 7.46. The maximum Gasteiger partial charge on any atom is 0.268 e. The number of rotatable bonds is 4. The summed E-state index contributed by atoms with van der Waals surface area (Å²) < 4.78 is 0. The smallest absolute Gasteiger partial charge is 0.268 e. The first kappa shape index (κ1) is 15.0. The van der Waals surface area contributed by atoms with E-state index in [0.29, 0.717) is 4.88 Å². The monoisotopic (exact) mass is 300 g/mol. The number of anilines is 2. The first-order chi connectivity index (χ1) is 9.47. The van der Waals surface area contributed by atoms with Crippen LogP contribution in [0.25, 0.3) is 0 Å². The van der Waals surface area contributed by atoms with Crippen molar-refractivity contribution in [3.63, 3.8) is 0 Å². The molecule has 0 aliphatic carbocycles. The molecule has 1 aliphatic heterocycles. The molecule has 1 aromatic rings. The largest absolute Gasteiger partial charge is 0.388 e. The predicted octanol–water partition coefficient (Wildman–Crippen LogP) is -0.251. The third-order valence-electron chi connectivity index (χ3n) is 3.42. The molecule has 20 heavy (non-hydrogen) atoms. The first-order valence-electron chi connectivity index (χ1n) is 6.64. The van der Waals surface area contributed by atoms with E-state index in [-0.39, 0.29) is 24.8 Å². The van der Waals surface area contributed by atoms with Gasteiger partial charge in [-0.25, -0.2) is 4.98 Å². The van der Waals surface area contributed by atoms with E-state index in [1.165, 1.54) is 16.2 Å². The van der Waals surface area contributed by atoms with Crippen LogP contribution < -0.4 is 10.6 Å². The number of β-amino-alcohol motifs (C(OH)–C–C–N with tert-alkyl or cyclic N) is 2. The number of nitrogens with zero attached hydrogens (tertiary/aromatic N) is 3. The van der Waals surface area contributed by atoms with E-state index < -0.39 is 12.2 Å². The van der Waals surface area contributed by atoms with E-state index in [0.717, 1.165) is 18.2 Å². The number of likely N-dealkylation sites (tertiary alicyclic amines) is 1. The highest BCUT2D eigenvalue weighted by atomic mass is 32.1. The number of aliphatic hydroxyl groups excluding tert-OH is 2. The molecule has 2 heterocycles. The van der Waals surface area contributed by atoms with Crippen LogP contribution in [0.2, 0.25) is 0 Å². The number of amides is 1.